The number of nitrogens with zero attached hydrogens (tertiary/aromatic N) is 3. The summed E-state index contributed by atoms with van der Waals surface area (Å²) < 4.78 is 0. The summed E-state index contributed by atoms with van der Waals surface area (Å²) in [6.07, 6.45) is 7.37. The summed E-state index contributed by atoms with van der Waals surface area (Å²) in [4.78, 5) is 13.0. The van der Waals surface area contributed by atoms with Gasteiger partial charge in [-0.2, -0.15) is 0 Å². The van der Waals surface area contributed by atoms with E-state index in [1.807, 2.05) is 43.8 Å². The average Bonchev–Trinajstić information content (AvgIpc) is 2.46. The minimum absolute atomic E-state index is 0.847. The largest absolute Gasteiger partial charge is 0.373 e. The van der Waals surface area contributed by atoms with Crippen molar-refractivity contribution < 1.29 is 0 Å². The maximum atomic E-state index is 4.52. The third-order valence-corrected chi connectivity index (χ3v) is 3.17. The Kier molecular flexibility index (Phi) is 2.83. The highest BCUT2D eigenvalue weighted by atomic mass is 14.9. The number of aryl methyl sites for hydroxylation is 1. The molecule has 94 valence electrons. The van der Waals surface area contributed by atoms with E-state index in [4.69, 9.17) is 0 Å². The molecule has 1 N–H and O–H groups in total. The quantitative estimate of drug-likeness (QED) is 0.759. The topological polar surface area (TPSA) is 50.7 Å². The van der Waals surface area contributed by atoms with Gasteiger partial charge in [0.2, 0.25) is 0 Å². The molecule has 0 fully saturated rings. The van der Waals surface area contributed by atoms with Crippen LogP contribution in [-0.2, 0) is 0 Å². The molecule has 0 amide bonds. The first-order chi connectivity index (χ1) is 9.28. The van der Waals surface area contributed by atoms with Crippen molar-refractivity contribution in [2.75, 3.05) is 12.4 Å². The molecule has 4 heteroatoms. The molecule has 0 aliphatic carbocycles. The fourth-order valence-electron chi connectivity index (χ4n) is 2.05. The Labute approximate surface area is 111 Å². The van der Waals surface area contributed by atoms with Crippen LogP contribution in [0.3, 0.4) is 0 Å². The number of hydrogen-bond acceptors (Lipinski definition) is 4. The summed E-state index contributed by atoms with van der Waals surface area (Å²) in [5, 5.41) is 5.18. The van der Waals surface area contributed by atoms with E-state index >= 15 is 0 Å². The Bertz CT molecular complexity index is 737. The first-order valence-corrected chi connectivity index (χ1v) is 6.12. The maximum Gasteiger partial charge on any atom is 0.126 e. The lowest BCUT2D eigenvalue weighted by Gasteiger charge is -2.06. The minimum Gasteiger partial charge on any atom is -0.373 e. The molecule has 0 unspecified atom stereocenters. The molecular weight excluding hydrogens is 236 g/mol. The van der Waals surface area contributed by atoms with Crippen LogP contribution in [0.15, 0.2) is 43.0 Å². The monoisotopic (exact) mass is 250 g/mol. The summed E-state index contributed by atoms with van der Waals surface area (Å²) >= 11 is 0. The van der Waals surface area contributed by atoms with Crippen LogP contribution >= 0.6 is 0 Å². The van der Waals surface area contributed by atoms with E-state index in [2.05, 4.69) is 27.2 Å². The van der Waals surface area contributed by atoms with Crippen LogP contribution < -0.4 is 5.32 Å². The highest BCUT2D eigenvalue weighted by molar-refractivity contribution is 5.86. The van der Waals surface area contributed by atoms with Gasteiger partial charge >= 0.3 is 0 Å². The molecule has 0 saturated heterocycles. The van der Waals surface area contributed by atoms with E-state index in [-0.39, 0.29) is 0 Å². The fraction of sp³-hybridized carbons (Fsp3) is 0.133. The van der Waals surface area contributed by atoms with E-state index in [9.17, 15) is 0 Å². The third-order valence-electron chi connectivity index (χ3n) is 3.17. The van der Waals surface area contributed by atoms with Crippen LogP contribution in [0.1, 0.15) is 5.56 Å². The summed E-state index contributed by atoms with van der Waals surface area (Å²) in [6, 6.07) is 6.03. The molecule has 4 nitrogen and oxygen atoms in total. The molecule has 0 aromatic carbocycles. The van der Waals surface area contributed by atoms with Crippen molar-refractivity contribution in [2.24, 2.45) is 0 Å². The molecular formula is C15H14N4. The van der Waals surface area contributed by atoms with Gasteiger partial charge in [0.25, 0.3) is 0 Å². The average molecular weight is 250 g/mol. The SMILES string of the molecule is CNc1cc2cnc(-c3cnccc3C)cc2cn1. The number of pyridine rings is 3. The van der Waals surface area contributed by atoms with Crippen LogP contribution in [-0.4, -0.2) is 22.0 Å². The first-order valence-electron chi connectivity index (χ1n) is 6.12. The Hall–Kier alpha value is -2.49. The van der Waals surface area contributed by atoms with Crippen molar-refractivity contribution in [2.45, 2.75) is 6.92 Å². The van der Waals surface area contributed by atoms with Gasteiger partial charge in [-0.3, -0.25) is 9.97 Å². The molecule has 0 spiro atoms. The van der Waals surface area contributed by atoms with Crippen LogP contribution in [0.4, 0.5) is 5.82 Å². The molecule has 3 aromatic heterocycles. The van der Waals surface area contributed by atoms with Crippen molar-refractivity contribution in [3.05, 3.63) is 48.5 Å². The number of fused-ring (bicyclic) bond motifs is 1. The Morgan fingerprint density at radius 3 is 2.58 bits per heavy atom. The standard InChI is InChI=1S/C15H14N4/c1-10-3-4-17-9-13(10)14-5-11-8-19-15(16-2)6-12(11)7-18-14/h3-9H,1-2H3,(H,16,19). The number of hydrogen-bond donors (Lipinski definition) is 1. The molecule has 0 atom stereocenters. The lowest BCUT2D eigenvalue weighted by molar-refractivity contribution is 1.25. The lowest BCUT2D eigenvalue weighted by atomic mass is 10.1. The molecule has 0 aliphatic rings. The van der Waals surface area contributed by atoms with Gasteiger partial charge in [0.05, 0.1) is 5.69 Å². The van der Waals surface area contributed by atoms with Crippen molar-refractivity contribution in [3.8, 4) is 11.3 Å². The summed E-state index contributed by atoms with van der Waals surface area (Å²) in [6.45, 7) is 2.06. The molecule has 3 rings (SSSR count). The minimum atomic E-state index is 0.847. The smallest absolute Gasteiger partial charge is 0.126 e. The van der Waals surface area contributed by atoms with Gasteiger partial charge < -0.3 is 5.32 Å². The predicted octanol–water partition coefficient (Wildman–Crippen LogP) is 3.04. The molecule has 0 radical (unpaired) electrons. The van der Waals surface area contributed by atoms with Crippen LogP contribution in [0.5, 0.6) is 0 Å². The maximum absolute atomic E-state index is 4.52. The van der Waals surface area contributed by atoms with E-state index in [0.717, 1.165) is 27.8 Å². The summed E-state index contributed by atoms with van der Waals surface area (Å²) in [5.74, 6) is 0.847. The van der Waals surface area contributed by atoms with Gasteiger partial charge in [0, 0.05) is 48.2 Å². The second-order valence-corrected chi connectivity index (χ2v) is 4.43. The zero-order chi connectivity index (χ0) is 13.2. The number of nitrogens with one attached hydrogen (secondary N) is 1. The molecule has 0 saturated carbocycles. The van der Waals surface area contributed by atoms with Crippen LogP contribution in [0.2, 0.25) is 0 Å². The second kappa shape index (κ2) is 4.65. The Balaban J connectivity index is 2.15. The van der Waals surface area contributed by atoms with Crippen LogP contribution in [0, 0.1) is 6.92 Å². The van der Waals surface area contributed by atoms with Crippen molar-refractivity contribution in [3.63, 3.8) is 0 Å². The third kappa shape index (κ3) is 2.12. The number of anilines is 1. The molecule has 3 heterocycles. The van der Waals surface area contributed by atoms with Crippen molar-refractivity contribution in [1.29, 1.82) is 0 Å². The van der Waals surface area contributed by atoms with Gasteiger partial charge in [-0.15, -0.1) is 0 Å². The van der Waals surface area contributed by atoms with Crippen LogP contribution in [0.25, 0.3) is 22.0 Å². The van der Waals surface area contributed by atoms with Gasteiger partial charge in [-0.05, 0) is 30.7 Å². The van der Waals surface area contributed by atoms with Gasteiger partial charge in [-0.25, -0.2) is 4.98 Å². The molecule has 0 aliphatic heterocycles. The molecule has 0 bridgehead atoms. The number of aromatic nitrogens is 3. The Morgan fingerprint density at radius 2 is 1.79 bits per heavy atom. The zero-order valence-electron chi connectivity index (χ0n) is 10.9. The van der Waals surface area contributed by atoms with Crippen molar-refractivity contribution in [1.82, 2.24) is 15.0 Å². The fourth-order valence-corrected chi connectivity index (χ4v) is 2.05. The van der Waals surface area contributed by atoms with E-state index in [1.54, 1.807) is 6.20 Å². The van der Waals surface area contributed by atoms with E-state index in [1.165, 1.54) is 5.56 Å². The van der Waals surface area contributed by atoms with Gasteiger partial charge in [-0.1, -0.05) is 0 Å². The first kappa shape index (κ1) is 11.6. The zero-order valence-corrected chi connectivity index (χ0v) is 10.9. The Morgan fingerprint density at radius 1 is 1.00 bits per heavy atom. The second-order valence-electron chi connectivity index (χ2n) is 4.43. The number of rotatable bonds is 2. The van der Waals surface area contributed by atoms with Crippen molar-refractivity contribution >= 4 is 16.6 Å². The highest BCUT2D eigenvalue weighted by Gasteiger charge is 2.05. The lowest BCUT2D eigenvalue weighted by Crippen LogP contribution is -1.93. The van der Waals surface area contributed by atoms with Gasteiger partial charge in [0.15, 0.2) is 0 Å². The van der Waals surface area contributed by atoms with Gasteiger partial charge in [0.1, 0.15) is 5.82 Å². The molecule has 19 heavy (non-hydrogen) atoms. The van der Waals surface area contributed by atoms with E-state index in [0.29, 0.717) is 0 Å². The highest BCUT2D eigenvalue weighted by Crippen LogP contribution is 2.24. The predicted molar refractivity (Wildman–Crippen MR) is 77.1 cm³/mol. The normalized spacial score (nSPS) is 10.6. The summed E-state index contributed by atoms with van der Waals surface area (Å²) in [7, 11) is 1.86. The molecule has 3 aromatic rings. The summed E-state index contributed by atoms with van der Waals surface area (Å²) in [5.41, 5.74) is 3.15. The van der Waals surface area contributed by atoms with E-state index < -0.39 is 0 Å².